The predicted molar refractivity (Wildman–Crippen MR) is 110 cm³/mol. The molecule has 0 spiro atoms. The summed E-state index contributed by atoms with van der Waals surface area (Å²) >= 11 is 0. The molecule has 3 heteroatoms. The summed E-state index contributed by atoms with van der Waals surface area (Å²) in [5.74, 6) is 0.183. The summed E-state index contributed by atoms with van der Waals surface area (Å²) in [5, 5.41) is 3.36. The van der Waals surface area contributed by atoms with Crippen LogP contribution in [-0.4, -0.2) is 23.4 Å². The minimum atomic E-state index is 0.156. The van der Waals surface area contributed by atoms with E-state index in [1.807, 2.05) is 23.1 Å². The summed E-state index contributed by atoms with van der Waals surface area (Å²) in [6.45, 7) is 12.1. The SMILES string of the molecule is CC(C)N(Cc1ccccc1)C(=O)CCNc1ccc(C(C)(C)C)cc1. The number of rotatable bonds is 7. The fourth-order valence-electron chi connectivity index (χ4n) is 2.88. The van der Waals surface area contributed by atoms with Crippen LogP contribution in [0.25, 0.3) is 0 Å². The fourth-order valence-corrected chi connectivity index (χ4v) is 2.88. The van der Waals surface area contributed by atoms with Crippen LogP contribution in [0, 0.1) is 0 Å². The van der Waals surface area contributed by atoms with E-state index in [9.17, 15) is 4.79 Å². The van der Waals surface area contributed by atoms with E-state index in [0.717, 1.165) is 5.69 Å². The highest BCUT2D eigenvalue weighted by atomic mass is 16.2. The van der Waals surface area contributed by atoms with E-state index in [4.69, 9.17) is 0 Å². The Labute approximate surface area is 158 Å². The average Bonchev–Trinajstić information content (AvgIpc) is 2.60. The molecule has 26 heavy (non-hydrogen) atoms. The Bertz CT molecular complexity index is 684. The molecule has 0 aliphatic rings. The quantitative estimate of drug-likeness (QED) is 0.740. The third kappa shape index (κ3) is 5.91. The number of benzene rings is 2. The predicted octanol–water partition coefficient (Wildman–Crippen LogP) is 5.22. The minimum Gasteiger partial charge on any atom is -0.385 e. The second-order valence-electron chi connectivity index (χ2n) is 8.11. The van der Waals surface area contributed by atoms with Gasteiger partial charge in [0.2, 0.25) is 5.91 Å². The lowest BCUT2D eigenvalue weighted by atomic mass is 9.87. The Morgan fingerprint density at radius 2 is 1.62 bits per heavy atom. The van der Waals surface area contributed by atoms with E-state index in [-0.39, 0.29) is 17.4 Å². The van der Waals surface area contributed by atoms with Crippen molar-refractivity contribution in [1.29, 1.82) is 0 Å². The molecule has 0 atom stereocenters. The highest BCUT2D eigenvalue weighted by molar-refractivity contribution is 5.77. The van der Waals surface area contributed by atoms with Crippen molar-refractivity contribution in [2.75, 3.05) is 11.9 Å². The molecule has 2 aromatic rings. The molecule has 1 amide bonds. The number of hydrogen-bond acceptors (Lipinski definition) is 2. The van der Waals surface area contributed by atoms with Crippen molar-refractivity contribution in [3.8, 4) is 0 Å². The monoisotopic (exact) mass is 352 g/mol. The van der Waals surface area contributed by atoms with Crippen LogP contribution in [0.3, 0.4) is 0 Å². The second kappa shape index (κ2) is 8.88. The molecule has 0 unspecified atom stereocenters. The fraction of sp³-hybridized carbons (Fsp3) is 0.435. The van der Waals surface area contributed by atoms with Crippen molar-refractivity contribution < 1.29 is 4.79 Å². The molecule has 2 rings (SSSR count). The zero-order valence-corrected chi connectivity index (χ0v) is 16.8. The van der Waals surface area contributed by atoms with E-state index in [1.165, 1.54) is 11.1 Å². The maximum Gasteiger partial charge on any atom is 0.224 e. The normalized spacial score (nSPS) is 11.5. The number of hydrogen-bond donors (Lipinski definition) is 1. The lowest BCUT2D eigenvalue weighted by Gasteiger charge is -2.27. The molecule has 0 saturated carbocycles. The number of nitrogens with one attached hydrogen (secondary N) is 1. The van der Waals surface area contributed by atoms with Gasteiger partial charge in [0.05, 0.1) is 0 Å². The molecule has 3 nitrogen and oxygen atoms in total. The number of nitrogens with zero attached hydrogens (tertiary/aromatic N) is 1. The van der Waals surface area contributed by atoms with E-state index in [1.54, 1.807) is 0 Å². The van der Waals surface area contributed by atoms with Crippen LogP contribution in [0.5, 0.6) is 0 Å². The topological polar surface area (TPSA) is 32.3 Å². The molecule has 0 bridgehead atoms. The van der Waals surface area contributed by atoms with Gasteiger partial charge in [-0.3, -0.25) is 4.79 Å². The van der Waals surface area contributed by atoms with E-state index in [0.29, 0.717) is 19.5 Å². The molecule has 2 aromatic carbocycles. The lowest BCUT2D eigenvalue weighted by Crippen LogP contribution is -2.37. The Morgan fingerprint density at radius 1 is 1.00 bits per heavy atom. The Kier molecular flexibility index (Phi) is 6.84. The number of anilines is 1. The molecule has 0 fully saturated rings. The Balaban J connectivity index is 1.88. The number of carbonyl (C=O) groups excluding carboxylic acids is 1. The Hall–Kier alpha value is -2.29. The molecule has 0 saturated heterocycles. The van der Waals surface area contributed by atoms with Crippen LogP contribution >= 0.6 is 0 Å². The summed E-state index contributed by atoms with van der Waals surface area (Å²) in [6, 6.07) is 18.8. The first-order chi connectivity index (χ1) is 12.3. The van der Waals surface area contributed by atoms with Crippen molar-refractivity contribution in [2.45, 2.75) is 59.0 Å². The summed E-state index contributed by atoms with van der Waals surface area (Å²) in [4.78, 5) is 14.6. The largest absolute Gasteiger partial charge is 0.385 e. The van der Waals surface area contributed by atoms with Crippen LogP contribution in [0.4, 0.5) is 5.69 Å². The summed E-state index contributed by atoms with van der Waals surface area (Å²) in [7, 11) is 0. The zero-order valence-electron chi connectivity index (χ0n) is 16.8. The van der Waals surface area contributed by atoms with Gasteiger partial charge in [0.1, 0.15) is 0 Å². The van der Waals surface area contributed by atoms with Gasteiger partial charge in [-0.2, -0.15) is 0 Å². The summed E-state index contributed by atoms with van der Waals surface area (Å²) < 4.78 is 0. The van der Waals surface area contributed by atoms with Gasteiger partial charge in [-0.25, -0.2) is 0 Å². The zero-order chi connectivity index (χ0) is 19.2. The molecule has 1 N–H and O–H groups in total. The third-order valence-corrected chi connectivity index (χ3v) is 4.56. The highest BCUT2D eigenvalue weighted by Crippen LogP contribution is 2.23. The van der Waals surface area contributed by atoms with E-state index >= 15 is 0 Å². The van der Waals surface area contributed by atoms with Crippen LogP contribution in [0.2, 0.25) is 0 Å². The van der Waals surface area contributed by atoms with Crippen molar-refractivity contribution >= 4 is 11.6 Å². The molecule has 140 valence electrons. The first kappa shape index (κ1) is 20.0. The van der Waals surface area contributed by atoms with Crippen LogP contribution < -0.4 is 5.32 Å². The van der Waals surface area contributed by atoms with E-state index < -0.39 is 0 Å². The third-order valence-electron chi connectivity index (χ3n) is 4.56. The van der Waals surface area contributed by atoms with Gasteiger partial charge in [0.15, 0.2) is 0 Å². The van der Waals surface area contributed by atoms with Crippen molar-refractivity contribution in [2.24, 2.45) is 0 Å². The van der Waals surface area contributed by atoms with Gasteiger partial charge in [0, 0.05) is 31.2 Å². The first-order valence-electron chi connectivity index (χ1n) is 9.45. The van der Waals surface area contributed by atoms with Crippen molar-refractivity contribution in [1.82, 2.24) is 4.90 Å². The van der Waals surface area contributed by atoms with Crippen LogP contribution in [0.1, 0.15) is 52.2 Å². The molecule has 0 radical (unpaired) electrons. The van der Waals surface area contributed by atoms with Gasteiger partial charge >= 0.3 is 0 Å². The maximum absolute atomic E-state index is 12.7. The standard InChI is InChI=1S/C23H32N2O/c1-18(2)25(17-19-9-7-6-8-10-19)22(26)15-16-24-21-13-11-20(12-14-21)23(3,4)5/h6-14,18,24H,15-17H2,1-5H3. The first-order valence-corrected chi connectivity index (χ1v) is 9.45. The van der Waals surface area contributed by atoms with Gasteiger partial charge in [0.25, 0.3) is 0 Å². The Morgan fingerprint density at radius 3 is 2.15 bits per heavy atom. The number of amides is 1. The molecular formula is C23H32N2O. The summed E-state index contributed by atoms with van der Waals surface area (Å²) in [6.07, 6.45) is 0.492. The van der Waals surface area contributed by atoms with Gasteiger partial charge in [-0.1, -0.05) is 63.2 Å². The molecule has 0 aliphatic heterocycles. The summed E-state index contributed by atoms with van der Waals surface area (Å²) in [5.41, 5.74) is 3.70. The smallest absolute Gasteiger partial charge is 0.224 e. The van der Waals surface area contributed by atoms with Crippen molar-refractivity contribution in [3.63, 3.8) is 0 Å². The van der Waals surface area contributed by atoms with Crippen molar-refractivity contribution in [3.05, 3.63) is 65.7 Å². The highest BCUT2D eigenvalue weighted by Gasteiger charge is 2.17. The molecule has 0 aliphatic carbocycles. The van der Waals surface area contributed by atoms with Gasteiger partial charge in [-0.15, -0.1) is 0 Å². The lowest BCUT2D eigenvalue weighted by molar-refractivity contribution is -0.133. The van der Waals surface area contributed by atoms with Crippen LogP contribution in [0.15, 0.2) is 54.6 Å². The minimum absolute atomic E-state index is 0.156. The molecular weight excluding hydrogens is 320 g/mol. The molecule has 0 heterocycles. The second-order valence-corrected chi connectivity index (χ2v) is 8.11. The van der Waals surface area contributed by atoms with Gasteiger partial charge in [-0.05, 0) is 42.5 Å². The average molecular weight is 353 g/mol. The van der Waals surface area contributed by atoms with Crippen LogP contribution in [-0.2, 0) is 16.8 Å². The van der Waals surface area contributed by atoms with E-state index in [2.05, 4.69) is 76.3 Å². The van der Waals surface area contributed by atoms with Gasteiger partial charge < -0.3 is 10.2 Å². The maximum atomic E-state index is 12.7. The number of carbonyl (C=O) groups is 1. The molecule has 0 aromatic heterocycles.